The van der Waals surface area contributed by atoms with Gasteiger partial charge in [0.2, 0.25) is 0 Å². The van der Waals surface area contributed by atoms with Crippen LogP contribution in [0.3, 0.4) is 0 Å². The summed E-state index contributed by atoms with van der Waals surface area (Å²) in [7, 11) is 0. The highest BCUT2D eigenvalue weighted by atomic mass is 16.3. The van der Waals surface area contributed by atoms with Gasteiger partial charge >= 0.3 is 0 Å². The van der Waals surface area contributed by atoms with Crippen LogP contribution in [0.2, 0.25) is 0 Å². The van der Waals surface area contributed by atoms with Crippen LogP contribution in [0.4, 0.5) is 0 Å². The predicted molar refractivity (Wildman–Crippen MR) is 74.2 cm³/mol. The zero-order chi connectivity index (χ0) is 12.7. The molecule has 0 amide bonds. The number of furan rings is 1. The monoisotopic (exact) mass is 261 g/mol. The van der Waals surface area contributed by atoms with E-state index in [9.17, 15) is 0 Å². The van der Waals surface area contributed by atoms with Crippen LogP contribution in [0.1, 0.15) is 30.2 Å². The summed E-state index contributed by atoms with van der Waals surface area (Å²) in [6.45, 7) is 7.25. The number of nitrogens with zero attached hydrogens (tertiary/aromatic N) is 2. The molecule has 0 saturated carbocycles. The number of rotatable bonds is 2. The Morgan fingerprint density at radius 1 is 1.16 bits per heavy atom. The molecule has 1 aliphatic carbocycles. The third-order valence-electron chi connectivity index (χ3n) is 5.02. The number of hydrogen-bond acceptors (Lipinski definition) is 4. The van der Waals surface area contributed by atoms with Crippen molar-refractivity contribution in [3.63, 3.8) is 0 Å². The molecule has 2 aliphatic heterocycles. The Hall–Kier alpha value is -0.840. The summed E-state index contributed by atoms with van der Waals surface area (Å²) >= 11 is 0. The SMILES string of the molecule is c1cc2c(o1)CCCC2N1CC(N2CCNCC2)C1. The lowest BCUT2D eigenvalue weighted by Crippen LogP contribution is -2.63. The number of aryl methyl sites for hydroxylation is 1. The minimum Gasteiger partial charge on any atom is -0.469 e. The summed E-state index contributed by atoms with van der Waals surface area (Å²) in [6, 6.07) is 3.61. The van der Waals surface area contributed by atoms with E-state index < -0.39 is 0 Å². The predicted octanol–water partition coefficient (Wildman–Crippen LogP) is 1.25. The average molecular weight is 261 g/mol. The zero-order valence-electron chi connectivity index (χ0n) is 11.5. The molecule has 0 radical (unpaired) electrons. The zero-order valence-corrected chi connectivity index (χ0v) is 11.5. The lowest BCUT2D eigenvalue weighted by atomic mass is 9.89. The quantitative estimate of drug-likeness (QED) is 0.868. The Labute approximate surface area is 114 Å². The molecule has 1 aromatic heterocycles. The molecule has 3 heterocycles. The maximum Gasteiger partial charge on any atom is 0.108 e. The van der Waals surface area contributed by atoms with Gasteiger partial charge in [0.1, 0.15) is 5.76 Å². The van der Waals surface area contributed by atoms with Crippen molar-refractivity contribution < 1.29 is 4.42 Å². The fraction of sp³-hybridized carbons (Fsp3) is 0.733. The maximum atomic E-state index is 5.60. The number of hydrogen-bond donors (Lipinski definition) is 1. The molecule has 1 N–H and O–H groups in total. The number of piperazine rings is 1. The summed E-state index contributed by atoms with van der Waals surface area (Å²) < 4.78 is 5.60. The van der Waals surface area contributed by atoms with Crippen LogP contribution in [-0.2, 0) is 6.42 Å². The smallest absolute Gasteiger partial charge is 0.108 e. The van der Waals surface area contributed by atoms with Gasteiger partial charge in [-0.15, -0.1) is 0 Å². The van der Waals surface area contributed by atoms with Gasteiger partial charge in [0.25, 0.3) is 0 Å². The highest BCUT2D eigenvalue weighted by molar-refractivity contribution is 5.25. The van der Waals surface area contributed by atoms with Gasteiger partial charge in [-0.25, -0.2) is 0 Å². The molecule has 0 spiro atoms. The second-order valence-electron chi connectivity index (χ2n) is 6.10. The molecule has 19 heavy (non-hydrogen) atoms. The first-order valence-electron chi connectivity index (χ1n) is 7.67. The second-order valence-corrected chi connectivity index (χ2v) is 6.10. The van der Waals surface area contributed by atoms with Crippen molar-refractivity contribution in [2.75, 3.05) is 39.3 Å². The normalized spacial score (nSPS) is 30.0. The summed E-state index contributed by atoms with van der Waals surface area (Å²) in [5, 5.41) is 3.43. The van der Waals surface area contributed by atoms with E-state index in [-0.39, 0.29) is 0 Å². The minimum atomic E-state index is 0.627. The summed E-state index contributed by atoms with van der Waals surface area (Å²) in [6.07, 6.45) is 5.59. The largest absolute Gasteiger partial charge is 0.469 e. The van der Waals surface area contributed by atoms with Crippen molar-refractivity contribution in [2.45, 2.75) is 31.3 Å². The van der Waals surface area contributed by atoms with Crippen molar-refractivity contribution in [2.24, 2.45) is 0 Å². The average Bonchev–Trinajstić information content (AvgIpc) is 2.87. The van der Waals surface area contributed by atoms with E-state index in [4.69, 9.17) is 4.42 Å². The van der Waals surface area contributed by atoms with E-state index in [1.54, 1.807) is 0 Å². The third kappa shape index (κ3) is 2.12. The van der Waals surface area contributed by atoms with Crippen molar-refractivity contribution in [1.29, 1.82) is 0 Å². The first-order valence-corrected chi connectivity index (χ1v) is 7.67. The number of fused-ring (bicyclic) bond motifs is 1. The summed E-state index contributed by atoms with van der Waals surface area (Å²) in [4.78, 5) is 5.31. The maximum absolute atomic E-state index is 5.60. The van der Waals surface area contributed by atoms with Gasteiger partial charge < -0.3 is 9.73 Å². The van der Waals surface area contributed by atoms with Crippen LogP contribution >= 0.6 is 0 Å². The molecule has 4 nitrogen and oxygen atoms in total. The van der Waals surface area contributed by atoms with Crippen LogP contribution in [0.25, 0.3) is 0 Å². The minimum absolute atomic E-state index is 0.627. The molecule has 2 fully saturated rings. The molecular weight excluding hydrogens is 238 g/mol. The lowest BCUT2D eigenvalue weighted by molar-refractivity contribution is -0.00628. The molecule has 2 saturated heterocycles. The van der Waals surface area contributed by atoms with E-state index in [2.05, 4.69) is 21.2 Å². The van der Waals surface area contributed by atoms with Crippen LogP contribution < -0.4 is 5.32 Å². The Bertz CT molecular complexity index is 432. The van der Waals surface area contributed by atoms with Gasteiger partial charge in [-0.2, -0.15) is 0 Å². The van der Waals surface area contributed by atoms with Crippen molar-refractivity contribution in [1.82, 2.24) is 15.1 Å². The Morgan fingerprint density at radius 2 is 2.00 bits per heavy atom. The number of nitrogens with one attached hydrogen (secondary N) is 1. The molecule has 0 bridgehead atoms. The Balaban J connectivity index is 1.39. The van der Waals surface area contributed by atoms with E-state index in [0.717, 1.165) is 25.6 Å². The van der Waals surface area contributed by atoms with E-state index >= 15 is 0 Å². The topological polar surface area (TPSA) is 31.7 Å². The van der Waals surface area contributed by atoms with E-state index in [0.29, 0.717) is 6.04 Å². The molecule has 1 aromatic rings. The van der Waals surface area contributed by atoms with Gasteiger partial charge in [0.15, 0.2) is 0 Å². The first-order chi connectivity index (χ1) is 9.42. The van der Waals surface area contributed by atoms with E-state index in [1.165, 1.54) is 50.3 Å². The van der Waals surface area contributed by atoms with Crippen LogP contribution in [-0.4, -0.2) is 55.1 Å². The first kappa shape index (κ1) is 11.9. The molecule has 1 atom stereocenters. The second kappa shape index (κ2) is 4.93. The Kier molecular flexibility index (Phi) is 3.10. The molecule has 4 heteroatoms. The van der Waals surface area contributed by atoms with Crippen LogP contribution in [0, 0.1) is 0 Å². The molecule has 4 rings (SSSR count). The Morgan fingerprint density at radius 3 is 2.84 bits per heavy atom. The fourth-order valence-electron chi connectivity index (χ4n) is 3.86. The molecule has 3 aliphatic rings. The summed E-state index contributed by atoms with van der Waals surface area (Å²) in [5.74, 6) is 1.24. The van der Waals surface area contributed by atoms with Gasteiger partial charge in [0, 0.05) is 63.3 Å². The van der Waals surface area contributed by atoms with Gasteiger partial charge in [0.05, 0.1) is 6.26 Å². The van der Waals surface area contributed by atoms with Crippen molar-refractivity contribution in [3.05, 3.63) is 23.7 Å². The third-order valence-corrected chi connectivity index (χ3v) is 5.02. The summed E-state index contributed by atoms with van der Waals surface area (Å²) in [5.41, 5.74) is 1.46. The fourth-order valence-corrected chi connectivity index (χ4v) is 3.86. The highest BCUT2D eigenvalue weighted by Gasteiger charge is 2.38. The molecule has 0 aromatic carbocycles. The van der Waals surface area contributed by atoms with Crippen LogP contribution in [0.5, 0.6) is 0 Å². The van der Waals surface area contributed by atoms with Crippen molar-refractivity contribution in [3.8, 4) is 0 Å². The molecule has 104 valence electrons. The number of likely N-dealkylation sites (tertiary alicyclic amines) is 1. The van der Waals surface area contributed by atoms with Crippen LogP contribution in [0.15, 0.2) is 16.7 Å². The standard InChI is InChI=1S/C15H23N3O/c1-2-14(13-4-9-19-15(13)3-1)18-10-12(11-18)17-7-5-16-6-8-17/h4,9,12,14,16H,1-3,5-8,10-11H2. The van der Waals surface area contributed by atoms with E-state index in [1.807, 2.05) is 6.26 Å². The van der Waals surface area contributed by atoms with Crippen molar-refractivity contribution >= 4 is 0 Å². The highest BCUT2D eigenvalue weighted by Crippen LogP contribution is 2.37. The molecule has 1 unspecified atom stereocenters. The van der Waals surface area contributed by atoms with Gasteiger partial charge in [-0.3, -0.25) is 9.80 Å². The van der Waals surface area contributed by atoms with Gasteiger partial charge in [-0.1, -0.05) is 0 Å². The molecular formula is C15H23N3O. The lowest BCUT2D eigenvalue weighted by Gasteiger charge is -2.50. The van der Waals surface area contributed by atoms with Gasteiger partial charge in [-0.05, 0) is 18.9 Å².